The third-order valence-electron chi connectivity index (χ3n) is 1.64. The number of aryl methyl sites for hydroxylation is 1. The predicted octanol–water partition coefficient (Wildman–Crippen LogP) is 1.24. The van der Waals surface area contributed by atoms with Crippen LogP contribution in [-0.2, 0) is 0 Å². The number of hydrogen-bond acceptors (Lipinski definition) is 4. The van der Waals surface area contributed by atoms with Crippen LogP contribution < -0.4 is 0 Å². The van der Waals surface area contributed by atoms with Crippen molar-refractivity contribution in [1.29, 1.82) is 0 Å². The van der Waals surface area contributed by atoms with Crippen molar-refractivity contribution >= 4 is 0 Å². The maximum Gasteiger partial charge on any atom is 0.125 e. The van der Waals surface area contributed by atoms with Crippen molar-refractivity contribution < 1.29 is 0 Å². The summed E-state index contributed by atoms with van der Waals surface area (Å²) in [4.78, 5) is 16.3. The molecule has 0 atom stereocenters. The fourth-order valence-corrected chi connectivity index (χ4v) is 0.973. The normalized spacial score (nSPS) is 9.92. The molecule has 2 rings (SSSR count). The van der Waals surface area contributed by atoms with Gasteiger partial charge in [-0.05, 0) is 6.92 Å². The van der Waals surface area contributed by atoms with Gasteiger partial charge >= 0.3 is 0 Å². The van der Waals surface area contributed by atoms with E-state index in [1.54, 1.807) is 31.0 Å². The molecule has 0 saturated heterocycles. The largest absolute Gasteiger partial charge is 0.261 e. The fraction of sp³-hybridized carbons (Fsp3) is 0.111. The summed E-state index contributed by atoms with van der Waals surface area (Å²) in [5.74, 6) is 0.757. The molecule has 0 spiro atoms. The van der Waals surface area contributed by atoms with Crippen molar-refractivity contribution in [3.05, 3.63) is 36.8 Å². The molecular weight excluding hydrogens is 164 g/mol. The second kappa shape index (κ2) is 3.26. The average Bonchev–Trinajstić information content (AvgIpc) is 2.20. The standard InChI is InChI=1S/C9H8N4/c1-7-12-4-8(5-13-7)9-6-10-2-3-11-9/h2-6H,1H3. The Morgan fingerprint density at radius 3 is 2.31 bits per heavy atom. The maximum atomic E-state index is 4.14. The molecule has 0 radical (unpaired) electrons. The van der Waals surface area contributed by atoms with Crippen LogP contribution >= 0.6 is 0 Å². The smallest absolute Gasteiger partial charge is 0.125 e. The first-order chi connectivity index (χ1) is 6.36. The molecule has 13 heavy (non-hydrogen) atoms. The molecule has 0 N–H and O–H groups in total. The molecule has 0 aromatic carbocycles. The lowest BCUT2D eigenvalue weighted by Crippen LogP contribution is -1.89. The summed E-state index contributed by atoms with van der Waals surface area (Å²) in [6.45, 7) is 1.85. The van der Waals surface area contributed by atoms with Crippen molar-refractivity contribution in [2.75, 3.05) is 0 Å². The number of hydrogen-bond donors (Lipinski definition) is 0. The van der Waals surface area contributed by atoms with Crippen LogP contribution in [0.4, 0.5) is 0 Å². The highest BCUT2D eigenvalue weighted by molar-refractivity contribution is 5.54. The van der Waals surface area contributed by atoms with Gasteiger partial charge in [0.2, 0.25) is 0 Å². The Morgan fingerprint density at radius 1 is 0.923 bits per heavy atom. The summed E-state index contributed by atoms with van der Waals surface area (Å²) in [5.41, 5.74) is 1.68. The highest BCUT2D eigenvalue weighted by Crippen LogP contribution is 2.11. The highest BCUT2D eigenvalue weighted by Gasteiger charge is 1.98. The summed E-state index contributed by atoms with van der Waals surface area (Å²) in [5, 5.41) is 0. The number of rotatable bonds is 1. The van der Waals surface area contributed by atoms with E-state index in [0.29, 0.717) is 0 Å². The predicted molar refractivity (Wildman–Crippen MR) is 47.8 cm³/mol. The molecule has 0 aliphatic rings. The molecule has 4 heteroatoms. The van der Waals surface area contributed by atoms with Crippen LogP contribution in [0.25, 0.3) is 11.3 Å². The van der Waals surface area contributed by atoms with Gasteiger partial charge in [0.1, 0.15) is 5.82 Å². The van der Waals surface area contributed by atoms with E-state index < -0.39 is 0 Å². The lowest BCUT2D eigenvalue weighted by molar-refractivity contribution is 1.05. The highest BCUT2D eigenvalue weighted by atomic mass is 14.9. The van der Waals surface area contributed by atoms with Crippen LogP contribution in [0.3, 0.4) is 0 Å². The lowest BCUT2D eigenvalue weighted by atomic mass is 10.2. The molecule has 0 aliphatic heterocycles. The summed E-state index contributed by atoms with van der Waals surface area (Å²) in [6.07, 6.45) is 8.46. The molecule has 2 aromatic heterocycles. The summed E-state index contributed by atoms with van der Waals surface area (Å²) in [7, 11) is 0. The SMILES string of the molecule is Cc1ncc(-c2cnccn2)cn1. The minimum Gasteiger partial charge on any atom is -0.261 e. The maximum absolute atomic E-state index is 4.14. The molecule has 0 bridgehead atoms. The second-order valence-electron chi connectivity index (χ2n) is 2.61. The van der Waals surface area contributed by atoms with Gasteiger partial charge in [-0.3, -0.25) is 9.97 Å². The van der Waals surface area contributed by atoms with Gasteiger partial charge in [-0.15, -0.1) is 0 Å². The van der Waals surface area contributed by atoms with Gasteiger partial charge in [-0.1, -0.05) is 0 Å². The summed E-state index contributed by atoms with van der Waals surface area (Å²) in [6, 6.07) is 0. The molecule has 2 heterocycles. The van der Waals surface area contributed by atoms with Gasteiger partial charge in [0.15, 0.2) is 0 Å². The molecule has 0 saturated carbocycles. The molecular formula is C9H8N4. The summed E-state index contributed by atoms with van der Waals surface area (Å²) < 4.78 is 0. The van der Waals surface area contributed by atoms with Gasteiger partial charge in [0.25, 0.3) is 0 Å². The second-order valence-corrected chi connectivity index (χ2v) is 2.61. The van der Waals surface area contributed by atoms with E-state index in [2.05, 4.69) is 19.9 Å². The molecule has 0 fully saturated rings. The van der Waals surface area contributed by atoms with E-state index >= 15 is 0 Å². The van der Waals surface area contributed by atoms with Crippen molar-refractivity contribution in [2.45, 2.75) is 6.92 Å². The van der Waals surface area contributed by atoms with Crippen LogP contribution in [-0.4, -0.2) is 19.9 Å². The zero-order valence-electron chi connectivity index (χ0n) is 7.18. The Bertz CT molecular complexity index is 382. The Morgan fingerprint density at radius 2 is 1.69 bits per heavy atom. The Kier molecular flexibility index (Phi) is 1.96. The zero-order chi connectivity index (χ0) is 9.10. The first-order valence-electron chi connectivity index (χ1n) is 3.91. The number of aromatic nitrogens is 4. The molecule has 0 aliphatic carbocycles. The Labute approximate surface area is 75.7 Å². The first kappa shape index (κ1) is 7.79. The molecule has 0 amide bonds. The van der Waals surface area contributed by atoms with Crippen LogP contribution in [0.1, 0.15) is 5.82 Å². The van der Waals surface area contributed by atoms with E-state index in [4.69, 9.17) is 0 Å². The van der Waals surface area contributed by atoms with Crippen LogP contribution in [0.5, 0.6) is 0 Å². The van der Waals surface area contributed by atoms with Gasteiger partial charge in [0.05, 0.1) is 11.9 Å². The van der Waals surface area contributed by atoms with Crippen molar-refractivity contribution in [3.63, 3.8) is 0 Å². The average molecular weight is 172 g/mol. The van der Waals surface area contributed by atoms with Gasteiger partial charge < -0.3 is 0 Å². The molecule has 0 unspecified atom stereocenters. The van der Waals surface area contributed by atoms with E-state index in [1.807, 2.05) is 6.92 Å². The quantitative estimate of drug-likeness (QED) is 0.649. The van der Waals surface area contributed by atoms with Crippen LogP contribution in [0.15, 0.2) is 31.0 Å². The van der Waals surface area contributed by atoms with Crippen molar-refractivity contribution in [2.24, 2.45) is 0 Å². The minimum atomic E-state index is 0.757. The van der Waals surface area contributed by atoms with Crippen LogP contribution in [0.2, 0.25) is 0 Å². The third-order valence-corrected chi connectivity index (χ3v) is 1.64. The topological polar surface area (TPSA) is 51.6 Å². The monoisotopic (exact) mass is 172 g/mol. The van der Waals surface area contributed by atoms with E-state index in [0.717, 1.165) is 17.1 Å². The number of nitrogens with zero attached hydrogens (tertiary/aromatic N) is 4. The third kappa shape index (κ3) is 1.66. The molecule has 64 valence electrons. The Balaban J connectivity index is 2.42. The van der Waals surface area contributed by atoms with Gasteiger partial charge in [0, 0.05) is 30.4 Å². The fourth-order valence-electron chi connectivity index (χ4n) is 0.973. The van der Waals surface area contributed by atoms with Crippen molar-refractivity contribution in [3.8, 4) is 11.3 Å². The minimum absolute atomic E-state index is 0.757. The van der Waals surface area contributed by atoms with Crippen molar-refractivity contribution in [1.82, 2.24) is 19.9 Å². The first-order valence-corrected chi connectivity index (χ1v) is 3.91. The lowest BCUT2D eigenvalue weighted by Gasteiger charge is -1.97. The molecule has 4 nitrogen and oxygen atoms in total. The van der Waals surface area contributed by atoms with Crippen LogP contribution in [0, 0.1) is 6.92 Å². The Hall–Kier alpha value is -1.84. The van der Waals surface area contributed by atoms with Gasteiger partial charge in [-0.2, -0.15) is 0 Å². The van der Waals surface area contributed by atoms with E-state index in [1.165, 1.54) is 0 Å². The zero-order valence-corrected chi connectivity index (χ0v) is 7.18. The molecule has 2 aromatic rings. The summed E-state index contributed by atoms with van der Waals surface area (Å²) >= 11 is 0. The van der Waals surface area contributed by atoms with E-state index in [9.17, 15) is 0 Å². The van der Waals surface area contributed by atoms with Gasteiger partial charge in [-0.25, -0.2) is 9.97 Å². The van der Waals surface area contributed by atoms with E-state index in [-0.39, 0.29) is 0 Å².